The number of nitrogens with one attached hydrogen (secondary N) is 3. The van der Waals surface area contributed by atoms with Crippen LogP contribution >= 0.6 is 0 Å². The largest absolute Gasteiger partial charge is 0.481 e. The number of urea groups is 2. The molecule has 0 aliphatic carbocycles. The molecule has 4 heterocycles. The van der Waals surface area contributed by atoms with E-state index in [2.05, 4.69) is 32.8 Å². The molecule has 242 valence electrons. The Bertz CT molecular complexity index is 1850. The third kappa shape index (κ3) is 7.59. The predicted molar refractivity (Wildman–Crippen MR) is 179 cm³/mol. The van der Waals surface area contributed by atoms with Crippen molar-refractivity contribution in [3.05, 3.63) is 84.8 Å². The van der Waals surface area contributed by atoms with Gasteiger partial charge >= 0.3 is 12.1 Å². The monoisotopic (exact) mass is 636 g/mol. The Morgan fingerprint density at radius 1 is 0.936 bits per heavy atom. The quantitative estimate of drug-likeness (QED) is 0.158. The minimum absolute atomic E-state index is 0.238. The van der Waals surface area contributed by atoms with Gasteiger partial charge in [0.15, 0.2) is 0 Å². The molecule has 3 aromatic heterocycles. The van der Waals surface area contributed by atoms with Gasteiger partial charge in [-0.25, -0.2) is 24.2 Å². The van der Waals surface area contributed by atoms with Gasteiger partial charge in [0.2, 0.25) is 5.88 Å². The molecular formula is C34H36N8O5. The number of rotatable bonds is 10. The number of morpholine rings is 1. The lowest BCUT2D eigenvalue weighted by Crippen LogP contribution is -2.43. The van der Waals surface area contributed by atoms with Gasteiger partial charge in [0.25, 0.3) is 0 Å². The van der Waals surface area contributed by atoms with Crippen LogP contribution in [0.5, 0.6) is 17.4 Å². The van der Waals surface area contributed by atoms with E-state index in [1.54, 1.807) is 59.4 Å². The highest BCUT2D eigenvalue weighted by atomic mass is 16.5. The molecule has 5 aromatic rings. The first-order chi connectivity index (χ1) is 23.0. The number of fused-ring (bicyclic) bond motifs is 1. The fraction of sp³-hybridized carbons (Fsp3) is 0.265. The normalized spacial score (nSPS) is 12.9. The van der Waals surface area contributed by atoms with Crippen molar-refractivity contribution in [3.63, 3.8) is 0 Å². The maximum absolute atomic E-state index is 13.4. The second-order valence-electron chi connectivity index (χ2n) is 10.8. The maximum atomic E-state index is 13.4. The molecule has 0 radical (unpaired) electrons. The Balaban J connectivity index is 1.19. The third-order valence-electron chi connectivity index (χ3n) is 7.59. The molecule has 0 spiro atoms. The van der Waals surface area contributed by atoms with Crippen molar-refractivity contribution in [2.75, 3.05) is 49.4 Å². The van der Waals surface area contributed by atoms with Gasteiger partial charge in [-0.3, -0.25) is 10.6 Å². The molecule has 0 atom stereocenters. The number of carbonyl (C=O) groups is 2. The lowest BCUT2D eigenvalue weighted by molar-refractivity contribution is 0.0564. The molecule has 47 heavy (non-hydrogen) atoms. The van der Waals surface area contributed by atoms with Crippen molar-refractivity contribution in [2.45, 2.75) is 26.2 Å². The molecule has 1 saturated heterocycles. The maximum Gasteiger partial charge on any atom is 0.324 e. The summed E-state index contributed by atoms with van der Waals surface area (Å²) in [7, 11) is 1.56. The molecule has 4 amide bonds. The molecule has 1 aliphatic heterocycles. The van der Waals surface area contributed by atoms with E-state index in [0.29, 0.717) is 66.7 Å². The van der Waals surface area contributed by atoms with Gasteiger partial charge in [0.05, 0.1) is 43.6 Å². The number of nitrogens with zero attached hydrogens (tertiary/aromatic N) is 5. The molecule has 13 nitrogen and oxygen atoms in total. The summed E-state index contributed by atoms with van der Waals surface area (Å²) in [5, 5.41) is 15.1. The third-order valence-corrected chi connectivity index (χ3v) is 7.59. The fourth-order valence-electron chi connectivity index (χ4n) is 5.18. The summed E-state index contributed by atoms with van der Waals surface area (Å²) in [5.74, 6) is 2.45. The SMILES string of the molecule is CCCCc1cc(NC(=O)Nc2ccc(Oc3ccnc(NC(=O)N4CCOCC4)c3)c3ccccc23)n(-c2ccc(OC)nc2)n1. The zero-order valence-electron chi connectivity index (χ0n) is 26.2. The van der Waals surface area contributed by atoms with Crippen LogP contribution in [0, 0.1) is 0 Å². The first-order valence-electron chi connectivity index (χ1n) is 15.5. The average molecular weight is 637 g/mol. The molecule has 0 unspecified atom stereocenters. The van der Waals surface area contributed by atoms with Crippen molar-refractivity contribution in [1.29, 1.82) is 0 Å². The highest BCUT2D eigenvalue weighted by Crippen LogP contribution is 2.35. The second kappa shape index (κ2) is 14.6. The van der Waals surface area contributed by atoms with Gasteiger partial charge in [-0.1, -0.05) is 37.6 Å². The number of carbonyl (C=O) groups excluding carboxylic acids is 2. The van der Waals surface area contributed by atoms with Crippen molar-refractivity contribution >= 4 is 40.2 Å². The first-order valence-corrected chi connectivity index (χ1v) is 15.5. The minimum atomic E-state index is -0.428. The van der Waals surface area contributed by atoms with Gasteiger partial charge in [-0.15, -0.1) is 0 Å². The van der Waals surface area contributed by atoms with Crippen LogP contribution in [0.3, 0.4) is 0 Å². The first kappa shape index (κ1) is 31.3. The van der Waals surface area contributed by atoms with Crippen molar-refractivity contribution in [2.24, 2.45) is 0 Å². The van der Waals surface area contributed by atoms with Crippen LogP contribution in [0.1, 0.15) is 25.5 Å². The highest BCUT2D eigenvalue weighted by molar-refractivity contribution is 6.07. The number of aromatic nitrogens is 4. The summed E-state index contributed by atoms with van der Waals surface area (Å²) >= 11 is 0. The number of hydrogen-bond donors (Lipinski definition) is 3. The molecule has 0 bridgehead atoms. The number of amides is 4. The van der Waals surface area contributed by atoms with E-state index in [0.717, 1.165) is 35.7 Å². The number of aryl methyl sites for hydroxylation is 1. The Morgan fingerprint density at radius 2 is 1.77 bits per heavy atom. The number of anilines is 3. The van der Waals surface area contributed by atoms with Gasteiger partial charge in [-0.2, -0.15) is 5.10 Å². The topological polar surface area (TPSA) is 145 Å². The molecule has 1 aliphatic rings. The van der Waals surface area contributed by atoms with E-state index in [1.807, 2.05) is 36.4 Å². The molecule has 13 heteroatoms. The second-order valence-corrected chi connectivity index (χ2v) is 10.8. The molecule has 0 saturated carbocycles. The van der Waals surface area contributed by atoms with E-state index in [1.165, 1.54) is 0 Å². The molecule has 6 rings (SSSR count). The number of unbranched alkanes of at least 4 members (excludes halogenated alkanes) is 1. The van der Waals surface area contributed by atoms with Gasteiger partial charge in [0, 0.05) is 48.3 Å². The highest BCUT2D eigenvalue weighted by Gasteiger charge is 2.18. The summed E-state index contributed by atoms with van der Waals surface area (Å²) in [6, 6.07) is 19.4. The summed E-state index contributed by atoms with van der Waals surface area (Å²) < 4.78 is 18.4. The zero-order chi connectivity index (χ0) is 32.6. The molecule has 2 aromatic carbocycles. The Morgan fingerprint density at radius 3 is 2.53 bits per heavy atom. The van der Waals surface area contributed by atoms with Crippen molar-refractivity contribution in [3.8, 4) is 23.1 Å². The van der Waals surface area contributed by atoms with E-state index in [9.17, 15) is 9.59 Å². The van der Waals surface area contributed by atoms with Crippen molar-refractivity contribution in [1.82, 2.24) is 24.6 Å². The fourth-order valence-corrected chi connectivity index (χ4v) is 5.18. The smallest absolute Gasteiger partial charge is 0.324 e. The Kier molecular flexibility index (Phi) is 9.73. The Labute approximate surface area is 271 Å². The number of ether oxygens (including phenoxy) is 3. The number of benzene rings is 2. The van der Waals surface area contributed by atoms with Gasteiger partial charge < -0.3 is 24.4 Å². The van der Waals surface area contributed by atoms with Crippen LogP contribution in [0.25, 0.3) is 16.5 Å². The van der Waals surface area contributed by atoms with Crippen LogP contribution in [0.15, 0.2) is 79.1 Å². The van der Waals surface area contributed by atoms with Crippen LogP contribution in [0.2, 0.25) is 0 Å². The van der Waals surface area contributed by atoms with Crippen LogP contribution in [-0.4, -0.2) is 70.1 Å². The van der Waals surface area contributed by atoms with Crippen molar-refractivity contribution < 1.29 is 23.8 Å². The zero-order valence-corrected chi connectivity index (χ0v) is 26.2. The van der Waals surface area contributed by atoms with E-state index in [4.69, 9.17) is 19.3 Å². The average Bonchev–Trinajstić information content (AvgIpc) is 3.51. The minimum Gasteiger partial charge on any atom is -0.481 e. The predicted octanol–water partition coefficient (Wildman–Crippen LogP) is 6.47. The van der Waals surface area contributed by atoms with E-state index < -0.39 is 6.03 Å². The number of hydrogen-bond acceptors (Lipinski definition) is 8. The molecular weight excluding hydrogens is 600 g/mol. The number of pyridine rings is 2. The van der Waals surface area contributed by atoms with E-state index >= 15 is 0 Å². The lowest BCUT2D eigenvalue weighted by atomic mass is 10.1. The Hall–Kier alpha value is -5.69. The molecule has 3 N–H and O–H groups in total. The standard InChI is InChI=1S/C34H36N8O5/c1-3-4-7-23-20-31(42(40-23)24-10-13-32(45-2)36-22-24)39-33(43)37-28-11-12-29(27-9-6-5-8-26(27)28)47-25-14-15-35-30(21-25)38-34(44)41-16-18-46-19-17-41/h5-6,8-15,20-22H,3-4,7,16-19H2,1-2H3,(H,35,38,44)(H2,37,39,43). The van der Waals surface area contributed by atoms with Gasteiger partial charge in [-0.05, 0) is 37.1 Å². The summed E-state index contributed by atoms with van der Waals surface area (Å²) in [5.41, 5.74) is 2.16. The lowest BCUT2D eigenvalue weighted by Gasteiger charge is -2.26. The van der Waals surface area contributed by atoms with Crippen LogP contribution < -0.4 is 25.4 Å². The summed E-state index contributed by atoms with van der Waals surface area (Å²) in [6.45, 7) is 4.19. The van der Waals surface area contributed by atoms with Crippen LogP contribution in [-0.2, 0) is 11.2 Å². The van der Waals surface area contributed by atoms with Crippen LogP contribution in [0.4, 0.5) is 26.9 Å². The number of methoxy groups -OCH3 is 1. The summed E-state index contributed by atoms with van der Waals surface area (Å²) in [6.07, 6.45) is 6.02. The molecule has 1 fully saturated rings. The van der Waals surface area contributed by atoms with E-state index in [-0.39, 0.29) is 6.03 Å². The summed E-state index contributed by atoms with van der Waals surface area (Å²) in [4.78, 5) is 36.2. The van der Waals surface area contributed by atoms with Gasteiger partial charge in [0.1, 0.15) is 23.1 Å².